The van der Waals surface area contributed by atoms with E-state index in [0.717, 1.165) is 24.2 Å². The number of ether oxygens (including phenoxy) is 1. The number of aliphatic hydroxyl groups excluding tert-OH is 1. The van der Waals surface area contributed by atoms with Gasteiger partial charge in [0.2, 0.25) is 0 Å². The second-order valence-electron chi connectivity index (χ2n) is 8.63. The Morgan fingerprint density at radius 2 is 1.90 bits per heavy atom. The summed E-state index contributed by atoms with van der Waals surface area (Å²) in [6, 6.07) is 10.5. The topological polar surface area (TPSA) is 125 Å². The van der Waals surface area contributed by atoms with Gasteiger partial charge in [-0.3, -0.25) is 4.18 Å². The van der Waals surface area contributed by atoms with Crippen molar-refractivity contribution in [2.75, 3.05) is 13.7 Å². The molecule has 0 bridgehead atoms. The van der Waals surface area contributed by atoms with Crippen LogP contribution in [0.4, 0.5) is 0 Å². The smallest absolute Gasteiger partial charge is 0.333 e. The Morgan fingerprint density at radius 1 is 1.16 bits per heavy atom. The number of aliphatic hydroxyl groups is 1. The molecule has 0 unspecified atom stereocenters. The number of rotatable bonds is 8. The minimum absolute atomic E-state index is 0.0922. The second kappa shape index (κ2) is 9.30. The normalized spacial score (nSPS) is 28.0. The molecule has 0 amide bonds. The summed E-state index contributed by atoms with van der Waals surface area (Å²) in [6.07, 6.45) is 4.77. The fraction of sp³-hybridized carbons (Fsp3) is 0.545. The molecule has 0 radical (unpaired) electrons. The van der Waals surface area contributed by atoms with E-state index >= 15 is 0 Å². The van der Waals surface area contributed by atoms with E-state index in [2.05, 4.69) is 38.4 Å². The summed E-state index contributed by atoms with van der Waals surface area (Å²) in [4.78, 5) is 8.91. The molecule has 9 heteroatoms. The Kier molecular flexibility index (Phi) is 6.68. The zero-order valence-corrected chi connectivity index (χ0v) is 18.4. The number of hydrogen-bond donors (Lipinski definition) is 2. The number of benzene rings is 1. The SMILES string of the molecule is CO[C@H]1Cc2ccccc2[C@H]1Cc1cc(C[C@@H]2C[C@@H](COS(N)(=O)=O)[C@@H](O)C2)ncn1. The standard InChI is InChI=1S/C22H29N3O5S/c1-29-22-9-15-4-2-3-5-19(15)20(22)11-18-10-17(24-13-25-18)7-14-6-16(21(26)8-14)12-30-31(23,27)28/h2-5,10,13-14,16,20-22,26H,6-9,11-12H2,1H3,(H2,23,27,28)/t14-,16-,20+,21-,22-/m0/s1. The van der Waals surface area contributed by atoms with Gasteiger partial charge < -0.3 is 9.84 Å². The van der Waals surface area contributed by atoms with Gasteiger partial charge in [0.15, 0.2) is 0 Å². The average molecular weight is 448 g/mol. The van der Waals surface area contributed by atoms with Crippen molar-refractivity contribution >= 4 is 10.3 Å². The van der Waals surface area contributed by atoms with E-state index in [4.69, 9.17) is 9.88 Å². The van der Waals surface area contributed by atoms with Gasteiger partial charge in [-0.15, -0.1) is 0 Å². The van der Waals surface area contributed by atoms with Crippen LogP contribution in [0, 0.1) is 11.8 Å². The van der Waals surface area contributed by atoms with E-state index in [9.17, 15) is 13.5 Å². The van der Waals surface area contributed by atoms with Crippen molar-refractivity contribution < 1.29 is 22.4 Å². The number of nitrogens with two attached hydrogens (primary N) is 1. The minimum Gasteiger partial charge on any atom is -0.393 e. The van der Waals surface area contributed by atoms with Crippen molar-refractivity contribution in [2.45, 2.75) is 50.2 Å². The Labute approximate surface area is 183 Å². The predicted molar refractivity (Wildman–Crippen MR) is 114 cm³/mol. The molecule has 2 aliphatic rings. The van der Waals surface area contributed by atoms with Crippen LogP contribution < -0.4 is 5.14 Å². The van der Waals surface area contributed by atoms with Gasteiger partial charge in [0, 0.05) is 30.3 Å². The first-order valence-electron chi connectivity index (χ1n) is 10.6. The molecule has 1 aromatic carbocycles. The van der Waals surface area contributed by atoms with Crippen molar-refractivity contribution in [3.63, 3.8) is 0 Å². The molecule has 1 fully saturated rings. The highest BCUT2D eigenvalue weighted by Crippen LogP contribution is 2.37. The predicted octanol–water partition coefficient (Wildman–Crippen LogP) is 1.52. The maximum Gasteiger partial charge on any atom is 0.333 e. The van der Waals surface area contributed by atoms with Crippen LogP contribution in [0.2, 0.25) is 0 Å². The molecular weight excluding hydrogens is 418 g/mol. The molecule has 0 spiro atoms. The quantitative estimate of drug-likeness (QED) is 0.629. The molecule has 5 atom stereocenters. The van der Waals surface area contributed by atoms with Gasteiger partial charge in [-0.05, 0) is 55.2 Å². The zero-order chi connectivity index (χ0) is 22.0. The van der Waals surface area contributed by atoms with E-state index < -0.39 is 16.4 Å². The van der Waals surface area contributed by atoms with Crippen molar-refractivity contribution in [3.8, 4) is 0 Å². The maximum atomic E-state index is 11.0. The number of nitrogens with zero attached hydrogens (tertiary/aromatic N) is 2. The number of aromatic nitrogens is 2. The summed E-state index contributed by atoms with van der Waals surface area (Å²) in [5, 5.41) is 15.2. The molecule has 4 rings (SSSR count). The van der Waals surface area contributed by atoms with Crippen LogP contribution in [0.3, 0.4) is 0 Å². The van der Waals surface area contributed by atoms with Crippen molar-refractivity contribution in [1.82, 2.24) is 9.97 Å². The minimum atomic E-state index is -4.00. The van der Waals surface area contributed by atoms with Gasteiger partial charge in [0.05, 0.1) is 18.8 Å². The first kappa shape index (κ1) is 22.3. The van der Waals surface area contributed by atoms with Gasteiger partial charge in [0.25, 0.3) is 0 Å². The first-order chi connectivity index (χ1) is 14.8. The van der Waals surface area contributed by atoms with E-state index in [1.807, 2.05) is 6.07 Å². The Morgan fingerprint density at radius 3 is 2.65 bits per heavy atom. The highest BCUT2D eigenvalue weighted by Gasteiger charge is 2.35. The lowest BCUT2D eigenvalue weighted by Gasteiger charge is -2.19. The zero-order valence-electron chi connectivity index (χ0n) is 17.6. The molecule has 3 N–H and O–H groups in total. The summed E-state index contributed by atoms with van der Waals surface area (Å²) in [6.45, 7) is -0.0922. The lowest BCUT2D eigenvalue weighted by molar-refractivity contribution is 0.0887. The fourth-order valence-electron chi connectivity index (χ4n) is 5.06. The summed E-state index contributed by atoms with van der Waals surface area (Å²) in [5.74, 6) is 0.213. The van der Waals surface area contributed by atoms with Crippen molar-refractivity contribution in [3.05, 3.63) is 59.2 Å². The average Bonchev–Trinajstić information content (AvgIpc) is 3.26. The van der Waals surface area contributed by atoms with Crippen LogP contribution in [-0.2, 0) is 38.5 Å². The lowest BCUT2D eigenvalue weighted by Crippen LogP contribution is -2.24. The van der Waals surface area contributed by atoms with Gasteiger partial charge in [0.1, 0.15) is 6.33 Å². The first-order valence-corrected chi connectivity index (χ1v) is 12.0. The van der Waals surface area contributed by atoms with E-state index in [0.29, 0.717) is 19.3 Å². The van der Waals surface area contributed by atoms with E-state index in [-0.39, 0.29) is 30.5 Å². The number of fused-ring (bicyclic) bond motifs is 1. The lowest BCUT2D eigenvalue weighted by atomic mass is 9.93. The summed E-state index contributed by atoms with van der Waals surface area (Å²) < 4.78 is 32.5. The van der Waals surface area contributed by atoms with E-state index in [1.165, 1.54) is 11.1 Å². The van der Waals surface area contributed by atoms with Gasteiger partial charge in [-0.25, -0.2) is 15.1 Å². The summed E-state index contributed by atoms with van der Waals surface area (Å²) in [5.41, 5.74) is 4.56. The molecule has 31 heavy (non-hydrogen) atoms. The molecule has 8 nitrogen and oxygen atoms in total. The Bertz CT molecular complexity index is 1020. The van der Waals surface area contributed by atoms with Gasteiger partial charge >= 0.3 is 10.3 Å². The van der Waals surface area contributed by atoms with Crippen molar-refractivity contribution in [1.29, 1.82) is 0 Å². The van der Waals surface area contributed by atoms with Gasteiger partial charge in [-0.2, -0.15) is 8.42 Å². The summed E-state index contributed by atoms with van der Waals surface area (Å²) >= 11 is 0. The van der Waals surface area contributed by atoms with Crippen molar-refractivity contribution in [2.24, 2.45) is 17.0 Å². The monoisotopic (exact) mass is 447 g/mol. The molecule has 1 aromatic heterocycles. The molecule has 2 aliphatic carbocycles. The molecule has 2 aromatic rings. The highest BCUT2D eigenvalue weighted by molar-refractivity contribution is 7.84. The number of methoxy groups -OCH3 is 1. The third kappa shape index (κ3) is 5.48. The van der Waals surface area contributed by atoms with E-state index in [1.54, 1.807) is 13.4 Å². The molecule has 0 saturated heterocycles. The van der Waals surface area contributed by atoms with Crippen LogP contribution in [0.5, 0.6) is 0 Å². The fourth-order valence-corrected chi connectivity index (χ4v) is 5.43. The third-order valence-corrected chi connectivity index (χ3v) is 7.00. The Hall–Kier alpha value is -1.91. The molecule has 168 valence electrons. The van der Waals surface area contributed by atoms with Crippen LogP contribution >= 0.6 is 0 Å². The Balaban J connectivity index is 1.40. The molecular formula is C22H29N3O5S. The van der Waals surface area contributed by atoms with Crippen LogP contribution in [-0.4, -0.2) is 49.4 Å². The van der Waals surface area contributed by atoms with Crippen LogP contribution in [0.15, 0.2) is 36.7 Å². The van der Waals surface area contributed by atoms with Crippen LogP contribution in [0.1, 0.15) is 41.3 Å². The maximum absolute atomic E-state index is 11.0. The second-order valence-corrected chi connectivity index (χ2v) is 9.86. The largest absolute Gasteiger partial charge is 0.393 e. The van der Waals surface area contributed by atoms with Crippen LogP contribution in [0.25, 0.3) is 0 Å². The van der Waals surface area contributed by atoms with Gasteiger partial charge in [-0.1, -0.05) is 24.3 Å². The summed E-state index contributed by atoms with van der Waals surface area (Å²) in [7, 11) is -2.24. The molecule has 0 aliphatic heterocycles. The molecule has 1 saturated carbocycles. The highest BCUT2D eigenvalue weighted by atomic mass is 32.2. The third-order valence-electron chi connectivity index (χ3n) is 6.54. The number of hydrogen-bond acceptors (Lipinski definition) is 7. The molecule has 1 heterocycles.